The maximum atomic E-state index is 9.48. The van der Waals surface area contributed by atoms with Crippen LogP contribution >= 0.6 is 27.5 Å². The number of terminal acetylenes is 1. The van der Waals surface area contributed by atoms with Crippen LogP contribution < -0.4 is 9.47 Å². The Kier molecular flexibility index (Phi) is 6.95. The van der Waals surface area contributed by atoms with Crippen LogP contribution in [0.25, 0.3) is 11.6 Å². The van der Waals surface area contributed by atoms with Crippen LogP contribution in [0.3, 0.4) is 0 Å². The summed E-state index contributed by atoms with van der Waals surface area (Å²) in [6.45, 7) is 2.41. The predicted octanol–water partition coefficient (Wildman–Crippen LogP) is 5.58. The molecule has 0 amide bonds. The quantitative estimate of drug-likeness (QED) is 0.351. The molecule has 0 aliphatic heterocycles. The largest absolute Gasteiger partial charge is 0.490 e. The van der Waals surface area contributed by atoms with E-state index in [4.69, 9.17) is 27.5 Å². The van der Waals surface area contributed by atoms with Crippen molar-refractivity contribution in [3.05, 3.63) is 57.0 Å². The number of allylic oxidation sites excluding steroid dienone is 1. The van der Waals surface area contributed by atoms with Gasteiger partial charge in [-0.25, -0.2) is 0 Å². The first kappa shape index (κ1) is 18.9. The van der Waals surface area contributed by atoms with E-state index in [1.807, 2.05) is 31.2 Å². The molecule has 0 fully saturated rings. The third-order valence-corrected chi connectivity index (χ3v) is 4.03. The predicted molar refractivity (Wildman–Crippen MR) is 105 cm³/mol. The Morgan fingerprint density at radius 2 is 2.00 bits per heavy atom. The molecule has 126 valence electrons. The van der Waals surface area contributed by atoms with Gasteiger partial charge >= 0.3 is 0 Å². The van der Waals surface area contributed by atoms with Gasteiger partial charge in [0.05, 0.1) is 23.3 Å². The van der Waals surface area contributed by atoms with E-state index < -0.39 is 0 Å². The van der Waals surface area contributed by atoms with Crippen molar-refractivity contribution in [2.24, 2.45) is 0 Å². The first-order valence-corrected chi connectivity index (χ1v) is 8.66. The highest BCUT2D eigenvalue weighted by Crippen LogP contribution is 2.37. The number of hydrogen-bond acceptors (Lipinski definition) is 3. The highest BCUT2D eigenvalue weighted by atomic mass is 79.9. The van der Waals surface area contributed by atoms with Crippen LogP contribution in [0.5, 0.6) is 11.5 Å². The van der Waals surface area contributed by atoms with E-state index in [9.17, 15) is 5.26 Å². The minimum atomic E-state index is 0.0946. The van der Waals surface area contributed by atoms with Gasteiger partial charge in [0.15, 0.2) is 11.5 Å². The number of nitriles is 1. The molecule has 2 rings (SSSR count). The summed E-state index contributed by atoms with van der Waals surface area (Å²) < 4.78 is 12.0. The molecular formula is C20H15BrClNO2. The summed E-state index contributed by atoms with van der Waals surface area (Å²) >= 11 is 9.69. The van der Waals surface area contributed by atoms with Crippen molar-refractivity contribution in [2.45, 2.75) is 6.92 Å². The molecule has 0 aromatic heterocycles. The lowest BCUT2D eigenvalue weighted by molar-refractivity contribution is 0.299. The lowest BCUT2D eigenvalue weighted by Crippen LogP contribution is -2.00. The van der Waals surface area contributed by atoms with Gasteiger partial charge in [-0.2, -0.15) is 5.26 Å². The van der Waals surface area contributed by atoms with Crippen LogP contribution in [0, 0.1) is 23.7 Å². The van der Waals surface area contributed by atoms with E-state index in [1.165, 1.54) is 0 Å². The van der Waals surface area contributed by atoms with Gasteiger partial charge in [0, 0.05) is 4.47 Å². The van der Waals surface area contributed by atoms with Crippen molar-refractivity contribution in [3.8, 4) is 29.9 Å². The Morgan fingerprint density at radius 1 is 1.28 bits per heavy atom. The Bertz CT molecular complexity index is 861. The molecule has 0 aliphatic carbocycles. The number of halogens is 2. The van der Waals surface area contributed by atoms with Crippen molar-refractivity contribution >= 4 is 39.2 Å². The maximum absolute atomic E-state index is 9.48. The fourth-order valence-electron chi connectivity index (χ4n) is 2.16. The van der Waals surface area contributed by atoms with Gasteiger partial charge in [-0.15, -0.1) is 6.42 Å². The first-order valence-electron chi connectivity index (χ1n) is 7.49. The normalized spacial score (nSPS) is 10.7. The van der Waals surface area contributed by atoms with Crippen LogP contribution in [0.4, 0.5) is 0 Å². The first-order chi connectivity index (χ1) is 12.1. The molecule has 3 nitrogen and oxygen atoms in total. The molecule has 0 saturated carbocycles. The topological polar surface area (TPSA) is 42.2 Å². The summed E-state index contributed by atoms with van der Waals surface area (Å²) in [6, 6.07) is 13.2. The van der Waals surface area contributed by atoms with Gasteiger partial charge in [-0.1, -0.05) is 45.6 Å². The van der Waals surface area contributed by atoms with E-state index >= 15 is 0 Å². The van der Waals surface area contributed by atoms with Crippen LogP contribution in [0.1, 0.15) is 18.1 Å². The van der Waals surface area contributed by atoms with E-state index in [0.717, 1.165) is 15.6 Å². The number of ether oxygens (including phenoxy) is 2. The van der Waals surface area contributed by atoms with Gasteiger partial charge in [0.2, 0.25) is 0 Å². The fraction of sp³-hybridized carbons (Fsp3) is 0.150. The second-order valence-corrected chi connectivity index (χ2v) is 6.26. The number of benzene rings is 2. The Balaban J connectivity index is 2.45. The van der Waals surface area contributed by atoms with Crippen molar-refractivity contribution in [3.63, 3.8) is 0 Å². The molecule has 0 unspecified atom stereocenters. The smallest absolute Gasteiger partial charge is 0.181 e. The van der Waals surface area contributed by atoms with E-state index in [0.29, 0.717) is 28.7 Å². The van der Waals surface area contributed by atoms with Crippen molar-refractivity contribution in [1.29, 1.82) is 5.26 Å². The van der Waals surface area contributed by atoms with Gasteiger partial charge in [-0.3, -0.25) is 0 Å². The molecule has 0 N–H and O–H groups in total. The number of hydrogen-bond donors (Lipinski definition) is 0. The average Bonchev–Trinajstić information content (AvgIpc) is 2.60. The number of rotatable bonds is 6. The van der Waals surface area contributed by atoms with Gasteiger partial charge in [-0.05, 0) is 48.4 Å². The van der Waals surface area contributed by atoms with Crippen LogP contribution in [0.15, 0.2) is 40.9 Å². The molecule has 0 saturated heterocycles. The third-order valence-electron chi connectivity index (χ3n) is 3.22. The fourth-order valence-corrected chi connectivity index (χ4v) is 2.70. The van der Waals surface area contributed by atoms with E-state index in [-0.39, 0.29) is 6.61 Å². The Labute approximate surface area is 161 Å². The standard InChI is InChI=1S/C20H15BrClNO2/c1-3-9-25-20-18(22)11-14(12-19(20)24-4-2)10-16(13-23)15-5-7-17(21)8-6-15/h1,5-8,10-12H,4,9H2,2H3/b16-10-. The minimum Gasteiger partial charge on any atom is -0.490 e. The summed E-state index contributed by atoms with van der Waals surface area (Å²) in [5.41, 5.74) is 2.07. The van der Waals surface area contributed by atoms with Crippen molar-refractivity contribution in [2.75, 3.05) is 13.2 Å². The van der Waals surface area contributed by atoms with Crippen molar-refractivity contribution in [1.82, 2.24) is 0 Å². The molecule has 0 radical (unpaired) electrons. The summed E-state index contributed by atoms with van der Waals surface area (Å²) in [6.07, 6.45) is 6.98. The second kappa shape index (κ2) is 9.18. The average molecular weight is 417 g/mol. The zero-order valence-electron chi connectivity index (χ0n) is 13.6. The molecule has 25 heavy (non-hydrogen) atoms. The Morgan fingerprint density at radius 3 is 2.60 bits per heavy atom. The summed E-state index contributed by atoms with van der Waals surface area (Å²) in [4.78, 5) is 0. The third kappa shape index (κ3) is 5.03. The molecule has 0 aliphatic rings. The summed E-state index contributed by atoms with van der Waals surface area (Å²) in [7, 11) is 0. The van der Waals surface area contributed by atoms with Gasteiger partial charge in [0.25, 0.3) is 0 Å². The second-order valence-electron chi connectivity index (χ2n) is 4.93. The van der Waals surface area contributed by atoms with Crippen LogP contribution in [-0.4, -0.2) is 13.2 Å². The summed E-state index contributed by atoms with van der Waals surface area (Å²) in [5, 5.41) is 9.86. The molecule has 2 aromatic carbocycles. The molecular weight excluding hydrogens is 402 g/mol. The Hall–Kier alpha value is -2.40. The zero-order valence-corrected chi connectivity index (χ0v) is 15.9. The molecule has 0 bridgehead atoms. The van der Waals surface area contributed by atoms with E-state index in [1.54, 1.807) is 18.2 Å². The zero-order chi connectivity index (χ0) is 18.2. The molecule has 5 heteroatoms. The summed E-state index contributed by atoms with van der Waals surface area (Å²) in [5.74, 6) is 3.29. The maximum Gasteiger partial charge on any atom is 0.181 e. The monoisotopic (exact) mass is 415 g/mol. The highest BCUT2D eigenvalue weighted by Gasteiger charge is 2.12. The lowest BCUT2D eigenvalue weighted by Gasteiger charge is -2.13. The molecule has 0 spiro atoms. The SMILES string of the molecule is C#CCOc1c(Cl)cc(/C=C(/C#N)c2ccc(Br)cc2)cc1OCC. The van der Waals surface area contributed by atoms with Crippen molar-refractivity contribution < 1.29 is 9.47 Å². The molecule has 2 aromatic rings. The van der Waals surface area contributed by atoms with Gasteiger partial charge < -0.3 is 9.47 Å². The highest BCUT2D eigenvalue weighted by molar-refractivity contribution is 9.10. The molecule has 0 heterocycles. The molecule has 0 atom stereocenters. The minimum absolute atomic E-state index is 0.0946. The van der Waals surface area contributed by atoms with E-state index in [2.05, 4.69) is 27.9 Å². The van der Waals surface area contributed by atoms with Gasteiger partial charge in [0.1, 0.15) is 6.61 Å². The van der Waals surface area contributed by atoms with Crippen LogP contribution in [-0.2, 0) is 0 Å². The van der Waals surface area contributed by atoms with Crippen LogP contribution in [0.2, 0.25) is 5.02 Å². The lowest BCUT2D eigenvalue weighted by atomic mass is 10.0. The number of nitrogens with zero attached hydrogens (tertiary/aromatic N) is 1.